The van der Waals surface area contributed by atoms with E-state index in [1.54, 1.807) is 0 Å². The Balaban J connectivity index is 1.45. The number of rotatable bonds is 5. The minimum absolute atomic E-state index is 0.0116. The van der Waals surface area contributed by atoms with E-state index in [0.29, 0.717) is 6.54 Å². The summed E-state index contributed by atoms with van der Waals surface area (Å²) in [4.78, 5) is 30.5. The molecule has 6 heteroatoms. The Morgan fingerprint density at radius 1 is 1.00 bits per heavy atom. The highest BCUT2D eigenvalue weighted by molar-refractivity contribution is 6.02. The van der Waals surface area contributed by atoms with E-state index in [9.17, 15) is 9.59 Å². The van der Waals surface area contributed by atoms with Gasteiger partial charge in [-0.25, -0.2) is 0 Å². The number of nitrogens with one attached hydrogen (secondary N) is 2. The fourth-order valence-electron chi connectivity index (χ4n) is 4.79. The lowest BCUT2D eigenvalue weighted by Gasteiger charge is -2.37. The third kappa shape index (κ3) is 4.37. The third-order valence-electron chi connectivity index (χ3n) is 6.86. The predicted octanol–water partition coefficient (Wildman–Crippen LogP) is 3.73. The molecular formula is C26H32N4O2. The standard InChI is InChI=1S/C26H32N4O2/c1-18-4-6-19(7-5-18)24-17-27-12-15-30(24)26(32)22-11-10-21(28-25(31)20-8-9-20)16-23(22)29-13-2-3-14-29/h4-7,10-11,16,20,24,27H,2-3,8-9,12-15,17H2,1H3,(H,28,31)/t24-/m1/s1. The van der Waals surface area contributed by atoms with Crippen LogP contribution in [0.4, 0.5) is 11.4 Å². The predicted molar refractivity (Wildman–Crippen MR) is 127 cm³/mol. The molecule has 6 nitrogen and oxygen atoms in total. The Labute approximate surface area is 190 Å². The first-order valence-electron chi connectivity index (χ1n) is 11.9. The van der Waals surface area contributed by atoms with Gasteiger partial charge in [-0.3, -0.25) is 9.59 Å². The zero-order chi connectivity index (χ0) is 22.1. The summed E-state index contributed by atoms with van der Waals surface area (Å²) in [6.45, 7) is 6.20. The molecule has 2 aromatic rings. The van der Waals surface area contributed by atoms with Gasteiger partial charge < -0.3 is 20.4 Å². The van der Waals surface area contributed by atoms with Crippen LogP contribution in [-0.2, 0) is 4.79 Å². The molecule has 2 heterocycles. The molecule has 1 saturated carbocycles. The number of nitrogens with zero attached hydrogens (tertiary/aromatic N) is 2. The number of hydrogen-bond donors (Lipinski definition) is 2. The largest absolute Gasteiger partial charge is 0.371 e. The normalized spacial score (nSPS) is 21.0. The number of anilines is 2. The molecule has 2 aromatic carbocycles. The zero-order valence-electron chi connectivity index (χ0n) is 18.8. The lowest BCUT2D eigenvalue weighted by Crippen LogP contribution is -2.49. The quantitative estimate of drug-likeness (QED) is 0.756. The van der Waals surface area contributed by atoms with Crippen LogP contribution in [0.1, 0.15) is 53.2 Å². The molecule has 1 aliphatic carbocycles. The highest BCUT2D eigenvalue weighted by Gasteiger charge is 2.32. The molecule has 2 amide bonds. The van der Waals surface area contributed by atoms with Crippen LogP contribution in [0.15, 0.2) is 42.5 Å². The van der Waals surface area contributed by atoms with Gasteiger partial charge in [-0.15, -0.1) is 0 Å². The Bertz CT molecular complexity index is 993. The zero-order valence-corrected chi connectivity index (χ0v) is 18.8. The summed E-state index contributed by atoms with van der Waals surface area (Å²) in [6.07, 6.45) is 4.22. The summed E-state index contributed by atoms with van der Waals surface area (Å²) in [6, 6.07) is 14.3. The number of aryl methyl sites for hydroxylation is 1. The van der Waals surface area contributed by atoms with Gasteiger partial charge in [0.25, 0.3) is 5.91 Å². The summed E-state index contributed by atoms with van der Waals surface area (Å²) in [5.41, 5.74) is 4.84. The van der Waals surface area contributed by atoms with E-state index >= 15 is 0 Å². The first-order chi connectivity index (χ1) is 15.6. The van der Waals surface area contributed by atoms with Gasteiger partial charge in [0.1, 0.15) is 0 Å². The SMILES string of the molecule is Cc1ccc([C@H]2CNCCN2C(=O)c2ccc(NC(=O)C3CC3)cc2N2CCCC2)cc1. The molecule has 32 heavy (non-hydrogen) atoms. The second kappa shape index (κ2) is 8.94. The van der Waals surface area contributed by atoms with Crippen molar-refractivity contribution >= 4 is 23.2 Å². The topological polar surface area (TPSA) is 64.7 Å². The summed E-state index contributed by atoms with van der Waals surface area (Å²) >= 11 is 0. The molecule has 3 aliphatic rings. The first kappa shape index (κ1) is 21.0. The van der Waals surface area contributed by atoms with Gasteiger partial charge in [0.15, 0.2) is 0 Å². The van der Waals surface area contributed by atoms with Crippen molar-refractivity contribution in [2.75, 3.05) is 42.9 Å². The molecule has 5 rings (SSSR count). The Morgan fingerprint density at radius 3 is 2.47 bits per heavy atom. The van der Waals surface area contributed by atoms with Gasteiger partial charge in [0, 0.05) is 44.3 Å². The van der Waals surface area contributed by atoms with Crippen molar-refractivity contribution in [3.8, 4) is 0 Å². The molecule has 0 bridgehead atoms. The average molecular weight is 433 g/mol. The fourth-order valence-corrected chi connectivity index (χ4v) is 4.79. The Morgan fingerprint density at radius 2 is 1.75 bits per heavy atom. The van der Waals surface area contributed by atoms with Gasteiger partial charge in [-0.1, -0.05) is 29.8 Å². The molecule has 1 atom stereocenters. The second-order valence-corrected chi connectivity index (χ2v) is 9.32. The molecule has 2 saturated heterocycles. The van der Waals surface area contributed by atoms with Crippen molar-refractivity contribution in [3.63, 3.8) is 0 Å². The van der Waals surface area contributed by atoms with E-state index < -0.39 is 0 Å². The Kier molecular flexibility index (Phi) is 5.87. The van der Waals surface area contributed by atoms with E-state index in [4.69, 9.17) is 0 Å². The van der Waals surface area contributed by atoms with E-state index in [1.807, 2.05) is 23.1 Å². The summed E-state index contributed by atoms with van der Waals surface area (Å²) < 4.78 is 0. The molecule has 0 unspecified atom stereocenters. The fraction of sp³-hybridized carbons (Fsp3) is 0.462. The van der Waals surface area contributed by atoms with Crippen LogP contribution in [0.2, 0.25) is 0 Å². The smallest absolute Gasteiger partial charge is 0.256 e. The molecule has 2 aliphatic heterocycles. The maximum Gasteiger partial charge on any atom is 0.256 e. The van der Waals surface area contributed by atoms with E-state index in [1.165, 1.54) is 5.56 Å². The number of hydrogen-bond acceptors (Lipinski definition) is 4. The van der Waals surface area contributed by atoms with Crippen LogP contribution < -0.4 is 15.5 Å². The lowest BCUT2D eigenvalue weighted by molar-refractivity contribution is -0.117. The summed E-state index contributed by atoms with van der Waals surface area (Å²) in [5.74, 6) is 0.319. The molecular weight excluding hydrogens is 400 g/mol. The van der Waals surface area contributed by atoms with Crippen LogP contribution in [-0.4, -0.2) is 49.4 Å². The van der Waals surface area contributed by atoms with Crippen LogP contribution in [0.25, 0.3) is 0 Å². The molecule has 0 aromatic heterocycles. The van der Waals surface area contributed by atoms with Crippen molar-refractivity contribution in [3.05, 3.63) is 59.2 Å². The highest BCUT2D eigenvalue weighted by atomic mass is 16.2. The minimum Gasteiger partial charge on any atom is -0.371 e. The summed E-state index contributed by atoms with van der Waals surface area (Å²) in [7, 11) is 0. The molecule has 168 valence electrons. The van der Waals surface area contributed by atoms with E-state index in [0.717, 1.165) is 74.4 Å². The van der Waals surface area contributed by atoms with E-state index in [2.05, 4.69) is 46.7 Å². The molecule has 0 spiro atoms. The maximum atomic E-state index is 13.9. The van der Waals surface area contributed by atoms with Gasteiger partial charge in [-0.2, -0.15) is 0 Å². The summed E-state index contributed by atoms with van der Waals surface area (Å²) in [5, 5.41) is 6.50. The lowest BCUT2D eigenvalue weighted by atomic mass is 10.00. The van der Waals surface area contributed by atoms with Crippen molar-refractivity contribution in [1.82, 2.24) is 10.2 Å². The number of carbonyl (C=O) groups excluding carboxylic acids is 2. The van der Waals surface area contributed by atoms with Crippen molar-refractivity contribution in [2.45, 2.75) is 38.6 Å². The Hall–Kier alpha value is -2.86. The van der Waals surface area contributed by atoms with Crippen LogP contribution in [0.3, 0.4) is 0 Å². The van der Waals surface area contributed by atoms with Crippen molar-refractivity contribution in [2.24, 2.45) is 5.92 Å². The van der Waals surface area contributed by atoms with Crippen LogP contribution in [0.5, 0.6) is 0 Å². The highest BCUT2D eigenvalue weighted by Crippen LogP contribution is 2.34. The minimum atomic E-state index is 0.0116. The van der Waals surface area contributed by atoms with Crippen LogP contribution in [0, 0.1) is 12.8 Å². The maximum absolute atomic E-state index is 13.9. The molecule has 3 fully saturated rings. The van der Waals surface area contributed by atoms with Crippen molar-refractivity contribution < 1.29 is 9.59 Å². The van der Waals surface area contributed by atoms with Crippen LogP contribution >= 0.6 is 0 Å². The van der Waals surface area contributed by atoms with Gasteiger partial charge in [0.2, 0.25) is 5.91 Å². The first-order valence-corrected chi connectivity index (χ1v) is 11.9. The second-order valence-electron chi connectivity index (χ2n) is 9.32. The van der Waals surface area contributed by atoms with Crippen molar-refractivity contribution in [1.29, 1.82) is 0 Å². The monoisotopic (exact) mass is 432 g/mol. The number of piperazine rings is 1. The average Bonchev–Trinajstić information content (AvgIpc) is 3.53. The van der Waals surface area contributed by atoms with E-state index in [-0.39, 0.29) is 23.8 Å². The number of amides is 2. The molecule has 0 radical (unpaired) electrons. The van der Waals surface area contributed by atoms with Gasteiger partial charge >= 0.3 is 0 Å². The third-order valence-corrected chi connectivity index (χ3v) is 6.86. The molecule has 2 N–H and O–H groups in total. The number of carbonyl (C=O) groups is 2. The number of benzene rings is 2. The van der Waals surface area contributed by atoms with Gasteiger partial charge in [-0.05, 0) is 56.4 Å². The van der Waals surface area contributed by atoms with Gasteiger partial charge in [0.05, 0.1) is 17.3 Å².